The normalized spacial score (nSPS) is 9.18. The number of halogens is 1. The molecule has 1 rings (SSSR count). The zero-order valence-electron chi connectivity index (χ0n) is 5.58. The van der Waals surface area contributed by atoms with E-state index in [1.165, 1.54) is 18.3 Å². The van der Waals surface area contributed by atoms with Crippen LogP contribution in [0.3, 0.4) is 0 Å². The van der Waals surface area contributed by atoms with Crippen LogP contribution in [0.5, 0.6) is 5.88 Å². The molecule has 0 aromatic carbocycles. The highest BCUT2D eigenvalue weighted by Crippen LogP contribution is 2.07. The number of ether oxygens (including phenoxy) is 1. The predicted octanol–water partition coefficient (Wildman–Crippen LogP) is 1.11. The Labute approximate surface area is 69.0 Å². The van der Waals surface area contributed by atoms with Crippen LogP contribution in [0, 0.1) is 0 Å². The molecule has 57 valence electrons. The van der Waals surface area contributed by atoms with E-state index >= 15 is 0 Å². The van der Waals surface area contributed by atoms with E-state index in [1.54, 1.807) is 6.29 Å². The van der Waals surface area contributed by atoms with Crippen molar-refractivity contribution in [3.05, 3.63) is 23.9 Å². The van der Waals surface area contributed by atoms with Crippen LogP contribution >= 0.6 is 11.6 Å². The molecular weight excluding hydrogens is 166 g/mol. The van der Waals surface area contributed by atoms with Crippen molar-refractivity contribution in [2.24, 2.45) is 0 Å². The summed E-state index contributed by atoms with van der Waals surface area (Å²) in [5.74, 6) is 0.334. The van der Waals surface area contributed by atoms with Gasteiger partial charge in [-0.2, -0.15) is 0 Å². The molecule has 0 fully saturated rings. The van der Waals surface area contributed by atoms with Crippen LogP contribution in [0.25, 0.3) is 0 Å². The maximum Gasteiger partial charge on any atom is 0.233 e. The van der Waals surface area contributed by atoms with Gasteiger partial charge in [-0.1, -0.05) is 11.6 Å². The van der Waals surface area contributed by atoms with Gasteiger partial charge in [-0.25, -0.2) is 4.98 Å². The Hall–Kier alpha value is -1.09. The molecule has 0 saturated carbocycles. The number of nitrogens with zero attached hydrogens (tertiary/aromatic N) is 1. The van der Waals surface area contributed by atoms with Crippen molar-refractivity contribution in [1.82, 2.24) is 4.98 Å². The highest BCUT2D eigenvalue weighted by atomic mass is 35.5. The van der Waals surface area contributed by atoms with Gasteiger partial charge in [-0.05, 0) is 6.07 Å². The Morgan fingerprint density at radius 3 is 3.18 bits per heavy atom. The summed E-state index contributed by atoms with van der Waals surface area (Å²) in [6, 6.07) is 3.03. The summed E-state index contributed by atoms with van der Waals surface area (Å²) < 4.78 is 4.82. The van der Waals surface area contributed by atoms with Crippen molar-refractivity contribution in [3.8, 4) is 5.88 Å². The van der Waals surface area contributed by atoms with E-state index in [0.29, 0.717) is 11.4 Å². The summed E-state index contributed by atoms with van der Waals surface area (Å²) in [5.41, 5.74) is 0.403. The number of alkyl halides is 1. The van der Waals surface area contributed by atoms with Crippen molar-refractivity contribution in [3.63, 3.8) is 0 Å². The number of hydrogen-bond donors (Lipinski definition) is 0. The Kier molecular flexibility index (Phi) is 2.86. The van der Waals surface area contributed by atoms with Gasteiger partial charge in [0, 0.05) is 17.8 Å². The number of aromatic nitrogens is 1. The average molecular weight is 171 g/mol. The van der Waals surface area contributed by atoms with Crippen molar-refractivity contribution in [2.75, 3.05) is 6.07 Å². The monoisotopic (exact) mass is 170 g/mol. The largest absolute Gasteiger partial charge is 0.461 e. The van der Waals surface area contributed by atoms with Crippen LogP contribution in [0.2, 0.25) is 0 Å². The minimum atomic E-state index is 0.0231. The lowest BCUT2D eigenvalue weighted by molar-refractivity contribution is 0.372. The highest BCUT2D eigenvalue weighted by molar-refractivity contribution is 6.17. The highest BCUT2D eigenvalue weighted by Gasteiger charge is 1.95. The van der Waals surface area contributed by atoms with E-state index in [2.05, 4.69) is 4.98 Å². The van der Waals surface area contributed by atoms with Crippen LogP contribution in [-0.4, -0.2) is 17.3 Å². The molecule has 0 aliphatic rings. The maximum atomic E-state index is 10.1. The Morgan fingerprint density at radius 2 is 2.55 bits per heavy atom. The molecule has 1 radical (unpaired) electrons. The molecule has 0 bridgehead atoms. The molecule has 4 heteroatoms. The van der Waals surface area contributed by atoms with Crippen LogP contribution in [0.4, 0.5) is 0 Å². The molecule has 0 spiro atoms. The second-order valence-corrected chi connectivity index (χ2v) is 1.96. The van der Waals surface area contributed by atoms with E-state index in [-0.39, 0.29) is 6.07 Å². The number of pyridine rings is 1. The first-order chi connectivity index (χ1) is 5.36. The summed E-state index contributed by atoms with van der Waals surface area (Å²) >= 11 is 5.27. The van der Waals surface area contributed by atoms with Crippen LogP contribution in [0.1, 0.15) is 5.56 Å². The minimum Gasteiger partial charge on any atom is -0.461 e. The molecule has 11 heavy (non-hydrogen) atoms. The summed E-state index contributed by atoms with van der Waals surface area (Å²) in [6.07, 6.45) is 3.17. The fraction of sp³-hybridized carbons (Fsp3) is 0.143. The van der Waals surface area contributed by atoms with Crippen LogP contribution in [0.15, 0.2) is 18.3 Å². The van der Waals surface area contributed by atoms with Gasteiger partial charge < -0.3 is 4.74 Å². The molecule has 0 amide bonds. The molecule has 0 atom stereocenters. The zero-order chi connectivity index (χ0) is 8.10. The lowest BCUT2D eigenvalue weighted by Crippen LogP contribution is -1.92. The lowest BCUT2D eigenvalue weighted by atomic mass is 10.3. The van der Waals surface area contributed by atoms with Crippen molar-refractivity contribution >= 4 is 17.9 Å². The van der Waals surface area contributed by atoms with Crippen LogP contribution in [-0.2, 0) is 4.79 Å². The van der Waals surface area contributed by atoms with Crippen LogP contribution < -0.4 is 4.74 Å². The quantitative estimate of drug-likeness (QED) is 0.638. The molecule has 3 nitrogen and oxygen atoms in total. The molecule has 0 aliphatic carbocycles. The molecular formula is C7H5ClNO2. The fourth-order valence-corrected chi connectivity index (χ4v) is 0.720. The molecule has 0 aliphatic heterocycles. The third kappa shape index (κ3) is 2.20. The second kappa shape index (κ2) is 3.93. The van der Waals surface area contributed by atoms with Gasteiger partial charge in [0.2, 0.25) is 12.2 Å². The maximum absolute atomic E-state index is 10.1. The molecule has 0 unspecified atom stereocenters. The van der Waals surface area contributed by atoms with Crippen molar-refractivity contribution in [1.29, 1.82) is 0 Å². The SMILES string of the molecule is O=[C]c1ccnc(OCCl)c1. The molecule has 0 saturated heterocycles. The Bertz CT molecular complexity index is 252. The van der Waals surface area contributed by atoms with E-state index in [0.717, 1.165) is 0 Å². The first-order valence-electron chi connectivity index (χ1n) is 2.90. The Morgan fingerprint density at radius 1 is 1.73 bits per heavy atom. The minimum absolute atomic E-state index is 0.0231. The van der Waals surface area contributed by atoms with Gasteiger partial charge in [0.1, 0.15) is 0 Å². The van der Waals surface area contributed by atoms with Crippen molar-refractivity contribution in [2.45, 2.75) is 0 Å². The van der Waals surface area contributed by atoms with E-state index in [9.17, 15) is 4.79 Å². The summed E-state index contributed by atoms with van der Waals surface area (Å²) in [6.45, 7) is 0. The van der Waals surface area contributed by atoms with Crippen molar-refractivity contribution < 1.29 is 9.53 Å². The lowest BCUT2D eigenvalue weighted by Gasteiger charge is -1.98. The van der Waals surface area contributed by atoms with Gasteiger partial charge >= 0.3 is 0 Å². The second-order valence-electron chi connectivity index (χ2n) is 1.74. The first kappa shape index (κ1) is 8.01. The van der Waals surface area contributed by atoms with E-state index in [4.69, 9.17) is 16.3 Å². The third-order valence-electron chi connectivity index (χ3n) is 1.06. The number of carbonyl (C=O) groups excluding carboxylic acids is 1. The van der Waals surface area contributed by atoms with Gasteiger partial charge in [-0.15, -0.1) is 0 Å². The number of rotatable bonds is 3. The molecule has 0 N–H and O–H groups in total. The summed E-state index contributed by atoms with van der Waals surface area (Å²) in [7, 11) is 0. The fourth-order valence-electron chi connectivity index (χ4n) is 0.608. The number of hydrogen-bond acceptors (Lipinski definition) is 3. The smallest absolute Gasteiger partial charge is 0.233 e. The van der Waals surface area contributed by atoms with Gasteiger partial charge in [0.15, 0.2) is 6.07 Å². The summed E-state index contributed by atoms with van der Waals surface area (Å²) in [4.78, 5) is 13.9. The van der Waals surface area contributed by atoms with Gasteiger partial charge in [0.05, 0.1) is 0 Å². The summed E-state index contributed by atoms with van der Waals surface area (Å²) in [5, 5.41) is 0. The predicted molar refractivity (Wildman–Crippen MR) is 40.4 cm³/mol. The average Bonchev–Trinajstić information content (AvgIpc) is 2.06. The topological polar surface area (TPSA) is 39.2 Å². The molecule has 1 aromatic rings. The van der Waals surface area contributed by atoms with E-state index in [1.807, 2.05) is 0 Å². The zero-order valence-corrected chi connectivity index (χ0v) is 6.34. The van der Waals surface area contributed by atoms with Gasteiger partial charge in [0.25, 0.3) is 0 Å². The Balaban J connectivity index is 2.82. The molecule has 1 aromatic heterocycles. The van der Waals surface area contributed by atoms with E-state index < -0.39 is 0 Å². The first-order valence-corrected chi connectivity index (χ1v) is 3.43. The standard InChI is InChI=1S/C7H5ClNO2/c8-5-11-7-3-6(4-10)1-2-9-7/h1-3H,5H2. The van der Waals surface area contributed by atoms with Gasteiger partial charge in [-0.3, -0.25) is 4.79 Å². The third-order valence-corrected chi connectivity index (χ3v) is 1.16. The molecule has 1 heterocycles.